The first-order chi connectivity index (χ1) is 10.9. The summed E-state index contributed by atoms with van der Waals surface area (Å²) in [6.45, 7) is 0.129. The molecule has 0 aliphatic carbocycles. The molecule has 23 heavy (non-hydrogen) atoms. The quantitative estimate of drug-likeness (QED) is 0.844. The van der Waals surface area contributed by atoms with Gasteiger partial charge in [-0.05, 0) is 18.4 Å². The van der Waals surface area contributed by atoms with Crippen LogP contribution >= 0.6 is 0 Å². The molecule has 0 radical (unpaired) electrons. The van der Waals surface area contributed by atoms with E-state index in [0.29, 0.717) is 18.4 Å². The van der Waals surface area contributed by atoms with Crippen molar-refractivity contribution in [2.45, 2.75) is 13.0 Å². The van der Waals surface area contributed by atoms with E-state index in [9.17, 15) is 18.0 Å². The maximum atomic E-state index is 12.3. The minimum absolute atomic E-state index is 0.0507. The van der Waals surface area contributed by atoms with E-state index >= 15 is 0 Å². The molecule has 8 heteroatoms. The lowest BCUT2D eigenvalue weighted by Crippen LogP contribution is -2.36. The third-order valence-electron chi connectivity index (χ3n) is 3.97. The number of carbonyl (C=O) groups excluding carboxylic acids is 1. The van der Waals surface area contributed by atoms with E-state index in [1.54, 1.807) is 24.4 Å². The molecule has 0 bridgehead atoms. The number of rotatable bonds is 4. The van der Waals surface area contributed by atoms with Gasteiger partial charge in [-0.25, -0.2) is 13.1 Å². The van der Waals surface area contributed by atoms with Gasteiger partial charge in [-0.3, -0.25) is 9.59 Å². The number of benzene rings is 1. The van der Waals surface area contributed by atoms with Crippen LogP contribution in [0.15, 0.2) is 35.3 Å². The van der Waals surface area contributed by atoms with Crippen molar-refractivity contribution in [2.24, 2.45) is 5.92 Å². The highest BCUT2D eigenvalue weighted by molar-refractivity contribution is 7.91. The number of amides is 1. The van der Waals surface area contributed by atoms with E-state index in [4.69, 9.17) is 0 Å². The third-order valence-corrected chi connectivity index (χ3v) is 5.81. The minimum atomic E-state index is -2.95. The Morgan fingerprint density at radius 1 is 1.35 bits per heavy atom. The summed E-state index contributed by atoms with van der Waals surface area (Å²) in [6, 6.07) is 7.05. The van der Waals surface area contributed by atoms with E-state index in [-0.39, 0.29) is 35.4 Å². The van der Waals surface area contributed by atoms with Gasteiger partial charge < -0.3 is 5.32 Å². The molecule has 0 spiro atoms. The number of nitrogens with zero attached hydrogens (tertiary/aromatic N) is 2. The average Bonchev–Trinajstić information content (AvgIpc) is 2.88. The smallest absolute Gasteiger partial charge is 0.275 e. The van der Waals surface area contributed by atoms with Gasteiger partial charge in [0.05, 0.1) is 23.1 Å². The van der Waals surface area contributed by atoms with Crippen LogP contribution in [-0.2, 0) is 21.2 Å². The van der Waals surface area contributed by atoms with Gasteiger partial charge in [0.1, 0.15) is 6.54 Å². The second-order valence-electron chi connectivity index (χ2n) is 5.77. The molecular weight excluding hydrogens is 318 g/mol. The largest absolute Gasteiger partial charge is 0.354 e. The molecule has 1 aliphatic rings. The second kappa shape index (κ2) is 6.11. The molecule has 0 saturated carbocycles. The van der Waals surface area contributed by atoms with Crippen molar-refractivity contribution in [2.75, 3.05) is 18.1 Å². The Balaban J connectivity index is 1.64. The lowest BCUT2D eigenvalue weighted by Gasteiger charge is -2.10. The lowest BCUT2D eigenvalue weighted by atomic mass is 10.1. The van der Waals surface area contributed by atoms with Crippen molar-refractivity contribution in [1.82, 2.24) is 15.1 Å². The van der Waals surface area contributed by atoms with Crippen molar-refractivity contribution < 1.29 is 13.2 Å². The predicted octanol–water partition coefficient (Wildman–Crippen LogP) is -0.0526. The predicted molar refractivity (Wildman–Crippen MR) is 85.8 cm³/mol. The summed E-state index contributed by atoms with van der Waals surface area (Å²) >= 11 is 0. The Bertz CT molecular complexity index is 904. The summed E-state index contributed by atoms with van der Waals surface area (Å²) in [5.74, 6) is -0.106. The molecule has 1 fully saturated rings. The molecule has 1 amide bonds. The molecule has 1 saturated heterocycles. The fourth-order valence-corrected chi connectivity index (χ4v) is 4.59. The van der Waals surface area contributed by atoms with E-state index in [2.05, 4.69) is 10.4 Å². The molecule has 7 nitrogen and oxygen atoms in total. The Hall–Kier alpha value is -2.22. The number of aromatic nitrogens is 2. The van der Waals surface area contributed by atoms with E-state index in [0.717, 1.165) is 10.1 Å². The van der Waals surface area contributed by atoms with Crippen molar-refractivity contribution in [1.29, 1.82) is 0 Å². The minimum Gasteiger partial charge on any atom is -0.354 e. The van der Waals surface area contributed by atoms with Gasteiger partial charge in [-0.2, -0.15) is 5.10 Å². The molecule has 2 aromatic rings. The fraction of sp³-hybridized carbons (Fsp3) is 0.400. The van der Waals surface area contributed by atoms with Crippen LogP contribution in [0.3, 0.4) is 0 Å². The van der Waals surface area contributed by atoms with Gasteiger partial charge in [-0.15, -0.1) is 0 Å². The van der Waals surface area contributed by atoms with Crippen LogP contribution in [0.2, 0.25) is 0 Å². The highest BCUT2D eigenvalue weighted by Crippen LogP contribution is 2.17. The van der Waals surface area contributed by atoms with Gasteiger partial charge in [0.2, 0.25) is 5.91 Å². The number of hydrogen-bond donors (Lipinski definition) is 1. The molecule has 2 heterocycles. The van der Waals surface area contributed by atoms with E-state index in [1.165, 1.54) is 0 Å². The molecule has 1 aliphatic heterocycles. The Labute approximate surface area is 133 Å². The summed E-state index contributed by atoms with van der Waals surface area (Å²) in [4.78, 5) is 24.2. The molecule has 1 unspecified atom stereocenters. The first-order valence-electron chi connectivity index (χ1n) is 7.36. The first kappa shape index (κ1) is 15.7. The molecule has 122 valence electrons. The highest BCUT2D eigenvalue weighted by atomic mass is 32.2. The topological polar surface area (TPSA) is 98.1 Å². The SMILES string of the molecule is O=C(Cn1ncc2ccccc2c1=O)NCC1CCS(=O)(=O)C1. The maximum Gasteiger partial charge on any atom is 0.275 e. The number of fused-ring (bicyclic) bond motifs is 1. The zero-order valence-electron chi connectivity index (χ0n) is 12.4. The van der Waals surface area contributed by atoms with Gasteiger partial charge >= 0.3 is 0 Å². The van der Waals surface area contributed by atoms with Gasteiger partial charge in [-0.1, -0.05) is 18.2 Å². The molecular formula is C15H17N3O4S. The van der Waals surface area contributed by atoms with Crippen LogP contribution in [0.1, 0.15) is 6.42 Å². The van der Waals surface area contributed by atoms with Crippen LogP contribution < -0.4 is 10.9 Å². The van der Waals surface area contributed by atoms with Crippen LogP contribution in [0.5, 0.6) is 0 Å². The number of hydrogen-bond acceptors (Lipinski definition) is 5. The highest BCUT2D eigenvalue weighted by Gasteiger charge is 2.27. The van der Waals surface area contributed by atoms with E-state index < -0.39 is 9.84 Å². The fourth-order valence-electron chi connectivity index (χ4n) is 2.72. The zero-order chi connectivity index (χ0) is 16.4. The van der Waals surface area contributed by atoms with Crippen molar-refractivity contribution in [3.05, 3.63) is 40.8 Å². The monoisotopic (exact) mass is 335 g/mol. The normalized spacial score (nSPS) is 19.7. The van der Waals surface area contributed by atoms with Crippen LogP contribution in [-0.4, -0.2) is 42.2 Å². The molecule has 1 N–H and O–H groups in total. The number of nitrogens with one attached hydrogen (secondary N) is 1. The van der Waals surface area contributed by atoms with Gasteiger partial charge in [0.15, 0.2) is 9.84 Å². The summed E-state index contributed by atoms with van der Waals surface area (Å²) in [5, 5.41) is 7.92. The summed E-state index contributed by atoms with van der Waals surface area (Å²) in [6.07, 6.45) is 2.12. The van der Waals surface area contributed by atoms with E-state index in [1.807, 2.05) is 6.07 Å². The van der Waals surface area contributed by atoms with Crippen molar-refractivity contribution in [3.63, 3.8) is 0 Å². The maximum absolute atomic E-state index is 12.3. The van der Waals surface area contributed by atoms with Crippen LogP contribution in [0, 0.1) is 5.92 Å². The summed E-state index contributed by atoms with van der Waals surface area (Å²) < 4.78 is 23.9. The van der Waals surface area contributed by atoms with Crippen molar-refractivity contribution in [3.8, 4) is 0 Å². The van der Waals surface area contributed by atoms with Crippen molar-refractivity contribution >= 4 is 26.5 Å². The zero-order valence-corrected chi connectivity index (χ0v) is 13.3. The molecule has 3 rings (SSSR count). The van der Waals surface area contributed by atoms with Crippen LogP contribution in [0.4, 0.5) is 0 Å². The summed E-state index contributed by atoms with van der Waals surface area (Å²) in [7, 11) is -2.95. The molecule has 1 atom stereocenters. The lowest BCUT2D eigenvalue weighted by molar-refractivity contribution is -0.122. The molecule has 1 aromatic heterocycles. The van der Waals surface area contributed by atoms with Crippen LogP contribution in [0.25, 0.3) is 10.8 Å². The second-order valence-corrected chi connectivity index (χ2v) is 8.00. The van der Waals surface area contributed by atoms with Gasteiger partial charge in [0.25, 0.3) is 5.56 Å². The standard InChI is InChI=1S/C15H17N3O4S/c19-14(16-7-11-5-6-23(21,22)10-11)9-18-15(20)13-4-2-1-3-12(13)8-17-18/h1-4,8,11H,5-7,9-10H2,(H,16,19). The Morgan fingerprint density at radius 2 is 2.13 bits per heavy atom. The molecule has 1 aromatic carbocycles. The summed E-state index contributed by atoms with van der Waals surface area (Å²) in [5.41, 5.74) is -0.318. The number of carbonyl (C=O) groups is 1. The Morgan fingerprint density at radius 3 is 2.87 bits per heavy atom. The Kier molecular flexibility index (Phi) is 4.16. The third kappa shape index (κ3) is 3.58. The number of sulfone groups is 1. The van der Waals surface area contributed by atoms with Gasteiger partial charge in [0, 0.05) is 11.9 Å². The average molecular weight is 335 g/mol. The first-order valence-corrected chi connectivity index (χ1v) is 9.19.